The number of benzene rings is 2. The van der Waals surface area contributed by atoms with Gasteiger partial charge in [-0.2, -0.15) is 0 Å². The molecule has 116 valence electrons. The number of carbonyl (C=O) groups is 1. The molecule has 23 heavy (non-hydrogen) atoms. The molecule has 0 saturated carbocycles. The molecule has 0 fully saturated rings. The van der Waals surface area contributed by atoms with Gasteiger partial charge in [-0.05, 0) is 41.5 Å². The lowest BCUT2D eigenvalue weighted by Gasteiger charge is -2.10. The van der Waals surface area contributed by atoms with Gasteiger partial charge in [0.25, 0.3) is 0 Å². The average Bonchev–Trinajstić information content (AvgIpc) is 2.59. The molecule has 0 aliphatic rings. The van der Waals surface area contributed by atoms with Crippen molar-refractivity contribution in [1.82, 2.24) is 4.98 Å². The molecule has 5 heteroatoms. The van der Waals surface area contributed by atoms with E-state index < -0.39 is 0 Å². The fraction of sp³-hybridized carbons (Fsp3) is 0.111. The van der Waals surface area contributed by atoms with Crippen molar-refractivity contribution in [3.05, 3.63) is 54.7 Å². The number of fused-ring (bicyclic) bond motifs is 1. The highest BCUT2D eigenvalue weighted by atomic mass is 32.2. The van der Waals surface area contributed by atoms with E-state index in [-0.39, 0.29) is 11.7 Å². The molecule has 2 aromatic carbocycles. The van der Waals surface area contributed by atoms with Crippen molar-refractivity contribution in [3.63, 3.8) is 0 Å². The summed E-state index contributed by atoms with van der Waals surface area (Å²) in [7, 11) is 1.65. The maximum atomic E-state index is 10.9. The monoisotopic (exact) mass is 324 g/mol. The number of nitrogens with two attached hydrogens (primary N) is 1. The maximum Gasteiger partial charge on any atom is 0.227 e. The van der Waals surface area contributed by atoms with Crippen LogP contribution in [0.3, 0.4) is 0 Å². The third-order valence-corrected chi connectivity index (χ3v) is 4.53. The number of ether oxygens (including phenoxy) is 1. The van der Waals surface area contributed by atoms with Crippen LogP contribution in [0.1, 0.15) is 0 Å². The Morgan fingerprint density at radius 2 is 1.96 bits per heavy atom. The van der Waals surface area contributed by atoms with Gasteiger partial charge >= 0.3 is 0 Å². The third kappa shape index (κ3) is 3.29. The highest BCUT2D eigenvalue weighted by Crippen LogP contribution is 2.33. The van der Waals surface area contributed by atoms with Crippen LogP contribution in [0.15, 0.2) is 59.6 Å². The first-order valence-corrected chi connectivity index (χ1v) is 8.11. The second-order valence-corrected chi connectivity index (χ2v) is 6.04. The first-order chi connectivity index (χ1) is 11.2. The topological polar surface area (TPSA) is 65.2 Å². The number of thioether (sulfide) groups is 1. The van der Waals surface area contributed by atoms with Crippen LogP contribution in [-0.2, 0) is 4.79 Å². The Bertz CT molecular complexity index is 847. The van der Waals surface area contributed by atoms with Crippen LogP contribution >= 0.6 is 11.8 Å². The van der Waals surface area contributed by atoms with Gasteiger partial charge in [-0.15, -0.1) is 11.8 Å². The van der Waals surface area contributed by atoms with Crippen molar-refractivity contribution in [2.24, 2.45) is 5.73 Å². The molecule has 4 nitrogen and oxygen atoms in total. The molecule has 0 saturated heterocycles. The summed E-state index contributed by atoms with van der Waals surface area (Å²) in [6.07, 6.45) is 1.76. The van der Waals surface area contributed by atoms with Crippen LogP contribution in [0.5, 0.6) is 5.75 Å². The summed E-state index contributed by atoms with van der Waals surface area (Å²) in [5.41, 5.74) is 8.21. The highest BCUT2D eigenvalue weighted by Gasteiger charge is 2.09. The summed E-state index contributed by atoms with van der Waals surface area (Å²) in [4.78, 5) is 16.3. The molecule has 0 bridgehead atoms. The number of methoxy groups -OCH3 is 1. The van der Waals surface area contributed by atoms with Gasteiger partial charge in [0.2, 0.25) is 5.91 Å². The largest absolute Gasteiger partial charge is 0.494 e. The standard InChI is InChI=1S/C18H16N2O2S/c1-22-16-9-8-14(15-3-2-10-20-18(15)16)12-4-6-13(7-5-12)23-11-17(19)21/h2-10H,11H2,1H3,(H2,19,21). The van der Waals surface area contributed by atoms with E-state index in [0.29, 0.717) is 0 Å². The van der Waals surface area contributed by atoms with Gasteiger partial charge in [-0.3, -0.25) is 9.78 Å². The molecule has 0 aliphatic heterocycles. The van der Waals surface area contributed by atoms with E-state index in [9.17, 15) is 4.79 Å². The fourth-order valence-electron chi connectivity index (χ4n) is 2.45. The lowest BCUT2D eigenvalue weighted by atomic mass is 10.0. The normalized spacial score (nSPS) is 10.7. The van der Waals surface area contributed by atoms with Crippen molar-refractivity contribution in [1.29, 1.82) is 0 Å². The van der Waals surface area contributed by atoms with Crippen LogP contribution in [0.25, 0.3) is 22.0 Å². The predicted octanol–water partition coefficient (Wildman–Crippen LogP) is 3.49. The Balaban J connectivity index is 1.99. The highest BCUT2D eigenvalue weighted by molar-refractivity contribution is 8.00. The van der Waals surface area contributed by atoms with Crippen LogP contribution in [0.2, 0.25) is 0 Å². The van der Waals surface area contributed by atoms with E-state index in [4.69, 9.17) is 10.5 Å². The summed E-state index contributed by atoms with van der Waals surface area (Å²) < 4.78 is 5.38. The third-order valence-electron chi connectivity index (χ3n) is 3.50. The van der Waals surface area contributed by atoms with Crippen molar-refractivity contribution >= 4 is 28.6 Å². The lowest BCUT2D eigenvalue weighted by molar-refractivity contribution is -0.115. The zero-order valence-corrected chi connectivity index (χ0v) is 13.5. The summed E-state index contributed by atoms with van der Waals surface area (Å²) in [5, 5.41) is 1.05. The zero-order valence-electron chi connectivity index (χ0n) is 12.7. The molecular weight excluding hydrogens is 308 g/mol. The van der Waals surface area contributed by atoms with Crippen molar-refractivity contribution in [3.8, 4) is 16.9 Å². The Kier molecular flexibility index (Phi) is 4.48. The van der Waals surface area contributed by atoms with E-state index in [1.807, 2.05) is 48.5 Å². The number of hydrogen-bond acceptors (Lipinski definition) is 4. The molecule has 3 aromatic rings. The molecule has 0 atom stereocenters. The number of rotatable bonds is 5. The number of hydrogen-bond donors (Lipinski definition) is 1. The van der Waals surface area contributed by atoms with Crippen LogP contribution in [-0.4, -0.2) is 23.8 Å². The Hall–Kier alpha value is -2.53. The predicted molar refractivity (Wildman–Crippen MR) is 93.6 cm³/mol. The van der Waals surface area contributed by atoms with Gasteiger partial charge in [0.15, 0.2) is 0 Å². The van der Waals surface area contributed by atoms with Crippen molar-refractivity contribution < 1.29 is 9.53 Å². The number of primary amides is 1. The van der Waals surface area contributed by atoms with E-state index in [2.05, 4.69) is 4.98 Å². The van der Waals surface area contributed by atoms with Gasteiger partial charge in [-0.25, -0.2) is 0 Å². The number of nitrogens with zero attached hydrogens (tertiary/aromatic N) is 1. The fourth-order valence-corrected chi connectivity index (χ4v) is 3.09. The summed E-state index contributed by atoms with van der Waals surface area (Å²) in [5.74, 6) is 0.735. The van der Waals surface area contributed by atoms with Crippen LogP contribution in [0.4, 0.5) is 0 Å². The smallest absolute Gasteiger partial charge is 0.227 e. The van der Waals surface area contributed by atoms with Gasteiger partial charge < -0.3 is 10.5 Å². The lowest BCUT2D eigenvalue weighted by Crippen LogP contribution is -2.12. The molecule has 0 aliphatic carbocycles. The minimum atomic E-state index is -0.314. The SMILES string of the molecule is COc1ccc(-c2ccc(SCC(N)=O)cc2)c2cccnc12. The van der Waals surface area contributed by atoms with E-state index in [1.165, 1.54) is 11.8 Å². The molecule has 3 rings (SSSR count). The van der Waals surface area contributed by atoms with E-state index in [1.54, 1.807) is 13.3 Å². The van der Waals surface area contributed by atoms with Crippen molar-refractivity contribution in [2.75, 3.05) is 12.9 Å². The molecule has 0 spiro atoms. The Morgan fingerprint density at radius 1 is 1.17 bits per heavy atom. The number of aromatic nitrogens is 1. The molecule has 0 radical (unpaired) electrons. The molecular formula is C18H16N2O2S. The number of carbonyl (C=O) groups excluding carboxylic acids is 1. The molecule has 1 amide bonds. The Morgan fingerprint density at radius 3 is 2.65 bits per heavy atom. The molecule has 2 N–H and O–H groups in total. The zero-order chi connectivity index (χ0) is 16.2. The molecule has 0 unspecified atom stereocenters. The van der Waals surface area contributed by atoms with Gasteiger partial charge in [0.1, 0.15) is 11.3 Å². The number of amides is 1. The maximum absolute atomic E-state index is 10.9. The minimum Gasteiger partial charge on any atom is -0.494 e. The molecule has 1 aromatic heterocycles. The van der Waals surface area contributed by atoms with E-state index in [0.717, 1.165) is 32.7 Å². The van der Waals surface area contributed by atoms with E-state index >= 15 is 0 Å². The first-order valence-electron chi connectivity index (χ1n) is 7.12. The quantitative estimate of drug-likeness (QED) is 0.730. The summed E-state index contributed by atoms with van der Waals surface area (Å²) >= 11 is 1.44. The van der Waals surface area contributed by atoms with Gasteiger partial charge in [0.05, 0.1) is 12.9 Å². The van der Waals surface area contributed by atoms with Gasteiger partial charge in [-0.1, -0.05) is 18.2 Å². The van der Waals surface area contributed by atoms with Gasteiger partial charge in [0, 0.05) is 16.5 Å². The second-order valence-electron chi connectivity index (χ2n) is 4.99. The number of pyridine rings is 1. The van der Waals surface area contributed by atoms with Crippen molar-refractivity contribution in [2.45, 2.75) is 4.90 Å². The van der Waals surface area contributed by atoms with Crippen LogP contribution in [0, 0.1) is 0 Å². The average molecular weight is 324 g/mol. The minimum absolute atomic E-state index is 0.286. The second kappa shape index (κ2) is 6.71. The summed E-state index contributed by atoms with van der Waals surface area (Å²) in [6.45, 7) is 0. The first kappa shape index (κ1) is 15.4. The molecule has 1 heterocycles. The van der Waals surface area contributed by atoms with Crippen LogP contribution < -0.4 is 10.5 Å². The Labute approximate surface area is 138 Å². The summed E-state index contributed by atoms with van der Waals surface area (Å²) in [6, 6.07) is 16.0.